The Bertz CT molecular complexity index is 921. The van der Waals surface area contributed by atoms with Gasteiger partial charge in [0, 0.05) is 5.56 Å². The third kappa shape index (κ3) is 3.31. The van der Waals surface area contributed by atoms with Gasteiger partial charge < -0.3 is 9.88 Å². The molecule has 0 saturated heterocycles. The summed E-state index contributed by atoms with van der Waals surface area (Å²) in [5, 5.41) is 2.93. The average Bonchev–Trinajstić information content (AvgIpc) is 2.97. The van der Waals surface area contributed by atoms with Gasteiger partial charge in [-0.05, 0) is 43.3 Å². The highest BCUT2D eigenvalue weighted by Gasteiger charge is 2.20. The Hall–Kier alpha value is -3.32. The molecule has 1 N–H and O–H groups in total. The zero-order valence-corrected chi connectivity index (χ0v) is 14.2. The van der Waals surface area contributed by atoms with E-state index in [-0.39, 0.29) is 11.9 Å². The molecule has 0 saturated carbocycles. The average molecular weight is 329 g/mol. The molecule has 4 heteroatoms. The lowest BCUT2D eigenvalue weighted by Crippen LogP contribution is -2.17. The van der Waals surface area contributed by atoms with E-state index in [1.165, 1.54) is 0 Å². The zero-order chi connectivity index (χ0) is 17.8. The van der Waals surface area contributed by atoms with Crippen LogP contribution in [0.3, 0.4) is 0 Å². The maximum Gasteiger partial charge on any atom is 0.255 e. The first-order valence-corrected chi connectivity index (χ1v) is 8.12. The smallest absolute Gasteiger partial charge is 0.255 e. The van der Waals surface area contributed by atoms with Gasteiger partial charge in [0.05, 0.1) is 12.6 Å². The third-order valence-electron chi connectivity index (χ3n) is 4.27. The predicted octanol–water partition coefficient (Wildman–Crippen LogP) is 5.21. The molecule has 1 heterocycles. The Labute approximate surface area is 147 Å². The van der Waals surface area contributed by atoms with Crippen LogP contribution in [0.5, 0.6) is 0 Å². The summed E-state index contributed by atoms with van der Waals surface area (Å²) in [5.41, 5.74) is 3.01. The molecule has 0 aliphatic carbocycles. The molecule has 0 bridgehead atoms. The van der Waals surface area contributed by atoms with Gasteiger partial charge in [-0.15, -0.1) is 0 Å². The van der Waals surface area contributed by atoms with E-state index in [0.29, 0.717) is 17.1 Å². The SMILES string of the molecule is [C-]#[N+]c1c(C)cn(C(C)c2ccccc2)c1NC(=O)c1ccccc1. The minimum absolute atomic E-state index is 0.00136. The summed E-state index contributed by atoms with van der Waals surface area (Å²) in [6, 6.07) is 19.1. The highest BCUT2D eigenvalue weighted by atomic mass is 16.1. The van der Waals surface area contributed by atoms with Crippen molar-refractivity contribution in [2.45, 2.75) is 19.9 Å². The van der Waals surface area contributed by atoms with Crippen molar-refractivity contribution < 1.29 is 4.79 Å². The molecule has 1 atom stereocenters. The number of carbonyl (C=O) groups excluding carboxylic acids is 1. The van der Waals surface area contributed by atoms with Crippen molar-refractivity contribution in [3.8, 4) is 0 Å². The Kier molecular flexibility index (Phi) is 4.67. The normalized spacial score (nSPS) is 11.6. The summed E-state index contributed by atoms with van der Waals surface area (Å²) in [4.78, 5) is 16.2. The lowest BCUT2D eigenvalue weighted by atomic mass is 10.1. The molecule has 25 heavy (non-hydrogen) atoms. The molecule has 0 aliphatic rings. The summed E-state index contributed by atoms with van der Waals surface area (Å²) in [7, 11) is 0. The van der Waals surface area contributed by atoms with Crippen molar-refractivity contribution in [3.63, 3.8) is 0 Å². The summed E-state index contributed by atoms with van der Waals surface area (Å²) in [5.74, 6) is 0.322. The summed E-state index contributed by atoms with van der Waals surface area (Å²) >= 11 is 0. The number of hydrogen-bond donors (Lipinski definition) is 1. The number of carbonyl (C=O) groups is 1. The first-order chi connectivity index (χ1) is 12.1. The number of hydrogen-bond acceptors (Lipinski definition) is 1. The first kappa shape index (κ1) is 16.5. The maximum atomic E-state index is 12.6. The number of amides is 1. The van der Waals surface area contributed by atoms with Gasteiger partial charge in [-0.1, -0.05) is 48.5 Å². The van der Waals surface area contributed by atoms with Crippen LogP contribution in [0.4, 0.5) is 11.5 Å². The van der Waals surface area contributed by atoms with Crippen LogP contribution in [0, 0.1) is 13.5 Å². The van der Waals surface area contributed by atoms with Crippen LogP contribution in [0.15, 0.2) is 66.9 Å². The second-order valence-electron chi connectivity index (χ2n) is 5.94. The van der Waals surface area contributed by atoms with Gasteiger partial charge in [0.1, 0.15) is 5.82 Å². The quantitative estimate of drug-likeness (QED) is 0.656. The van der Waals surface area contributed by atoms with E-state index >= 15 is 0 Å². The Balaban J connectivity index is 2.01. The summed E-state index contributed by atoms with van der Waals surface area (Å²) < 4.78 is 1.96. The van der Waals surface area contributed by atoms with Crippen molar-refractivity contribution in [1.29, 1.82) is 0 Å². The topological polar surface area (TPSA) is 38.4 Å². The molecule has 1 aromatic heterocycles. The molecular formula is C21H19N3O. The van der Waals surface area contributed by atoms with Gasteiger partial charge in [-0.2, -0.15) is 0 Å². The number of aryl methyl sites for hydroxylation is 1. The van der Waals surface area contributed by atoms with Gasteiger partial charge >= 0.3 is 0 Å². The van der Waals surface area contributed by atoms with Gasteiger partial charge in [0.2, 0.25) is 5.69 Å². The summed E-state index contributed by atoms with van der Waals surface area (Å²) in [6.07, 6.45) is 1.92. The van der Waals surface area contributed by atoms with Gasteiger partial charge in [-0.3, -0.25) is 4.79 Å². The highest BCUT2D eigenvalue weighted by molar-refractivity contribution is 6.05. The second kappa shape index (κ2) is 7.06. The van der Waals surface area contributed by atoms with E-state index in [2.05, 4.69) is 17.1 Å². The van der Waals surface area contributed by atoms with Crippen molar-refractivity contribution in [1.82, 2.24) is 4.57 Å². The maximum absolute atomic E-state index is 12.6. The molecule has 0 radical (unpaired) electrons. The standard InChI is InChI=1S/C21H19N3O/c1-15-14-24(16(2)17-10-6-4-7-11-17)20(19(15)22-3)23-21(25)18-12-8-5-9-13-18/h4-14,16H,1-2H3,(H,23,25). The van der Waals surface area contributed by atoms with Gasteiger partial charge in [-0.25, -0.2) is 4.85 Å². The molecular weight excluding hydrogens is 310 g/mol. The molecule has 1 unspecified atom stereocenters. The molecule has 3 aromatic rings. The monoisotopic (exact) mass is 329 g/mol. The minimum atomic E-state index is -0.217. The fraction of sp³-hybridized carbons (Fsp3) is 0.143. The largest absolute Gasteiger partial charge is 0.337 e. The molecule has 0 spiro atoms. The Morgan fingerprint density at radius 1 is 1.08 bits per heavy atom. The Morgan fingerprint density at radius 2 is 1.68 bits per heavy atom. The highest BCUT2D eigenvalue weighted by Crippen LogP contribution is 2.35. The molecule has 2 aromatic carbocycles. The minimum Gasteiger partial charge on any atom is -0.337 e. The van der Waals surface area contributed by atoms with Crippen molar-refractivity contribution in [2.24, 2.45) is 0 Å². The fourth-order valence-corrected chi connectivity index (χ4v) is 2.88. The van der Waals surface area contributed by atoms with Gasteiger partial charge in [0.15, 0.2) is 0 Å². The summed E-state index contributed by atoms with van der Waals surface area (Å²) in [6.45, 7) is 11.4. The van der Waals surface area contributed by atoms with E-state index in [1.54, 1.807) is 12.1 Å². The molecule has 0 aliphatic heterocycles. The van der Waals surface area contributed by atoms with Crippen LogP contribution in [0.25, 0.3) is 4.85 Å². The molecule has 4 nitrogen and oxygen atoms in total. The van der Waals surface area contributed by atoms with Crippen LogP contribution >= 0.6 is 0 Å². The van der Waals surface area contributed by atoms with Crippen molar-refractivity contribution in [2.75, 3.05) is 5.32 Å². The molecule has 3 rings (SSSR count). The van der Waals surface area contributed by atoms with Crippen LogP contribution in [0.2, 0.25) is 0 Å². The van der Waals surface area contributed by atoms with Crippen LogP contribution < -0.4 is 5.32 Å². The number of nitrogens with zero attached hydrogens (tertiary/aromatic N) is 2. The van der Waals surface area contributed by atoms with E-state index in [9.17, 15) is 4.79 Å². The third-order valence-corrected chi connectivity index (χ3v) is 4.27. The fourth-order valence-electron chi connectivity index (χ4n) is 2.88. The van der Waals surface area contributed by atoms with E-state index in [0.717, 1.165) is 11.1 Å². The van der Waals surface area contributed by atoms with E-state index in [1.807, 2.05) is 66.2 Å². The van der Waals surface area contributed by atoms with Gasteiger partial charge in [0.25, 0.3) is 5.91 Å². The van der Waals surface area contributed by atoms with Crippen LogP contribution in [0.1, 0.15) is 34.5 Å². The number of rotatable bonds is 4. The lowest BCUT2D eigenvalue weighted by molar-refractivity contribution is 0.102. The van der Waals surface area contributed by atoms with E-state index < -0.39 is 0 Å². The van der Waals surface area contributed by atoms with Crippen LogP contribution in [-0.2, 0) is 0 Å². The number of nitrogens with one attached hydrogen (secondary N) is 1. The van der Waals surface area contributed by atoms with Crippen LogP contribution in [-0.4, -0.2) is 10.5 Å². The van der Waals surface area contributed by atoms with Crippen molar-refractivity contribution in [3.05, 3.63) is 95.0 Å². The number of anilines is 1. The molecule has 0 fully saturated rings. The van der Waals surface area contributed by atoms with Crippen molar-refractivity contribution >= 4 is 17.4 Å². The molecule has 1 amide bonds. The van der Waals surface area contributed by atoms with E-state index in [4.69, 9.17) is 6.57 Å². The predicted molar refractivity (Wildman–Crippen MR) is 100 cm³/mol. The lowest BCUT2D eigenvalue weighted by Gasteiger charge is -2.19. The zero-order valence-electron chi connectivity index (χ0n) is 14.2. The first-order valence-electron chi connectivity index (χ1n) is 8.12. The Morgan fingerprint density at radius 3 is 2.28 bits per heavy atom. The number of aromatic nitrogens is 1. The second-order valence-corrected chi connectivity index (χ2v) is 5.94. The number of benzene rings is 2. The molecule has 124 valence electrons.